The Kier molecular flexibility index (Phi) is 3.63. The van der Waals surface area contributed by atoms with Crippen molar-refractivity contribution < 1.29 is 38.4 Å². The largest absolute Gasteiger partial charge is 0.479 e. The second kappa shape index (κ2) is 5.28. The standard InChI is InChI=1S/2C6H8O4/c7-5(8)6(3-10-6)1-4-2-9-4;7-6(5-3-9-5)10-2-4-1-8-4/h4H,1-3H2,(H,7,8);4-5H,1-3H2. The first-order chi connectivity index (χ1) is 9.59. The van der Waals surface area contributed by atoms with Crippen LogP contribution in [0.4, 0.5) is 0 Å². The van der Waals surface area contributed by atoms with E-state index in [1.54, 1.807) is 0 Å². The van der Waals surface area contributed by atoms with Crippen LogP contribution in [0.3, 0.4) is 0 Å². The van der Waals surface area contributed by atoms with Crippen molar-refractivity contribution in [3.8, 4) is 0 Å². The fraction of sp³-hybridized carbons (Fsp3) is 0.833. The minimum atomic E-state index is -0.874. The summed E-state index contributed by atoms with van der Waals surface area (Å²) in [5.41, 5.74) is -0.874. The van der Waals surface area contributed by atoms with E-state index in [1.165, 1.54) is 0 Å². The summed E-state index contributed by atoms with van der Waals surface area (Å²) in [6.07, 6.45) is 0.530. The van der Waals surface area contributed by atoms with Gasteiger partial charge in [0.05, 0.1) is 32.5 Å². The van der Waals surface area contributed by atoms with Crippen molar-refractivity contribution in [2.45, 2.75) is 30.3 Å². The highest BCUT2D eigenvalue weighted by Gasteiger charge is 2.55. The molecule has 0 bridgehead atoms. The molecule has 0 aliphatic carbocycles. The number of hydrogen-bond acceptors (Lipinski definition) is 7. The number of carboxylic acid groups (broad SMARTS) is 1. The van der Waals surface area contributed by atoms with E-state index >= 15 is 0 Å². The number of esters is 1. The second-order valence-corrected chi connectivity index (χ2v) is 5.15. The summed E-state index contributed by atoms with van der Waals surface area (Å²) < 4.78 is 24.1. The number of carbonyl (C=O) groups is 2. The lowest BCUT2D eigenvalue weighted by Crippen LogP contribution is -2.25. The van der Waals surface area contributed by atoms with Crippen molar-refractivity contribution in [3.63, 3.8) is 0 Å². The molecule has 4 fully saturated rings. The molecule has 0 aromatic carbocycles. The molecule has 0 aromatic rings. The molecule has 20 heavy (non-hydrogen) atoms. The Morgan fingerprint density at radius 1 is 1.15 bits per heavy atom. The van der Waals surface area contributed by atoms with Crippen molar-refractivity contribution in [1.82, 2.24) is 0 Å². The summed E-state index contributed by atoms with van der Waals surface area (Å²) >= 11 is 0. The van der Waals surface area contributed by atoms with Gasteiger partial charge < -0.3 is 28.8 Å². The molecule has 4 aliphatic heterocycles. The minimum absolute atomic E-state index is 0.138. The third kappa shape index (κ3) is 3.89. The number of epoxide rings is 4. The predicted molar refractivity (Wildman–Crippen MR) is 61.1 cm³/mol. The first-order valence-corrected chi connectivity index (χ1v) is 6.48. The van der Waals surface area contributed by atoms with E-state index < -0.39 is 11.6 Å². The molecule has 0 radical (unpaired) electrons. The smallest absolute Gasteiger partial charge is 0.338 e. The van der Waals surface area contributed by atoms with Crippen molar-refractivity contribution in [1.29, 1.82) is 0 Å². The Morgan fingerprint density at radius 2 is 1.75 bits per heavy atom. The van der Waals surface area contributed by atoms with Crippen LogP contribution >= 0.6 is 0 Å². The third-order valence-electron chi connectivity index (χ3n) is 3.25. The van der Waals surface area contributed by atoms with Gasteiger partial charge in [-0.15, -0.1) is 0 Å². The number of carbonyl (C=O) groups excluding carboxylic acids is 1. The summed E-state index contributed by atoms with van der Waals surface area (Å²) in [4.78, 5) is 21.2. The van der Waals surface area contributed by atoms with Gasteiger partial charge in [-0.05, 0) is 0 Å². The van der Waals surface area contributed by atoms with Crippen LogP contribution in [0.25, 0.3) is 0 Å². The maximum absolute atomic E-state index is 10.7. The Labute approximate surface area is 114 Å². The fourth-order valence-corrected chi connectivity index (χ4v) is 1.59. The zero-order chi connectivity index (χ0) is 14.2. The lowest BCUT2D eigenvalue weighted by Gasteiger charge is -2.00. The quantitative estimate of drug-likeness (QED) is 0.487. The van der Waals surface area contributed by atoms with Crippen LogP contribution in [0, 0.1) is 0 Å². The number of ether oxygens (including phenoxy) is 5. The van der Waals surface area contributed by atoms with Crippen LogP contribution < -0.4 is 0 Å². The monoisotopic (exact) mass is 288 g/mol. The molecule has 4 aliphatic rings. The molecule has 4 saturated heterocycles. The zero-order valence-corrected chi connectivity index (χ0v) is 10.8. The summed E-state index contributed by atoms with van der Waals surface area (Å²) in [6.45, 7) is 2.67. The van der Waals surface area contributed by atoms with Gasteiger partial charge in [-0.2, -0.15) is 0 Å². The number of carboxylic acids is 1. The van der Waals surface area contributed by atoms with E-state index in [9.17, 15) is 9.59 Å². The lowest BCUT2D eigenvalue weighted by molar-refractivity contribution is -0.145. The molecule has 8 nitrogen and oxygen atoms in total. The predicted octanol–water partition coefficient (Wildman–Crippen LogP) is -1.04. The molecule has 8 heteroatoms. The summed E-state index contributed by atoms with van der Waals surface area (Å²) in [6, 6.07) is 0. The topological polar surface area (TPSA) is 114 Å². The molecule has 4 heterocycles. The zero-order valence-electron chi connectivity index (χ0n) is 10.8. The molecule has 0 spiro atoms. The van der Waals surface area contributed by atoms with Crippen molar-refractivity contribution in [2.24, 2.45) is 0 Å². The highest BCUT2D eigenvalue weighted by atomic mass is 16.6. The molecule has 0 aromatic heterocycles. The van der Waals surface area contributed by atoms with Crippen molar-refractivity contribution in [3.05, 3.63) is 0 Å². The molecule has 0 amide bonds. The van der Waals surface area contributed by atoms with Gasteiger partial charge in [0.15, 0.2) is 11.7 Å². The number of rotatable bonds is 6. The minimum Gasteiger partial charge on any atom is -0.479 e. The van der Waals surface area contributed by atoms with Crippen molar-refractivity contribution >= 4 is 11.9 Å². The van der Waals surface area contributed by atoms with Crippen molar-refractivity contribution in [2.75, 3.05) is 33.0 Å². The van der Waals surface area contributed by atoms with Crippen LogP contribution in [0.2, 0.25) is 0 Å². The highest BCUT2D eigenvalue weighted by Crippen LogP contribution is 2.36. The molecular formula is C12H16O8. The Balaban J connectivity index is 0.000000121. The van der Waals surface area contributed by atoms with Crippen LogP contribution in [0.15, 0.2) is 0 Å². The SMILES string of the molecule is O=C(O)C1(CC2CO2)CO1.O=C(OCC1CO1)C1CO1. The van der Waals surface area contributed by atoms with Gasteiger partial charge in [-0.1, -0.05) is 0 Å². The van der Waals surface area contributed by atoms with E-state index in [0.717, 1.165) is 6.61 Å². The molecular weight excluding hydrogens is 272 g/mol. The summed E-state index contributed by atoms with van der Waals surface area (Å²) in [5, 5.41) is 8.60. The van der Waals surface area contributed by atoms with Gasteiger partial charge in [0.2, 0.25) is 0 Å². The molecule has 4 rings (SSSR count). The maximum atomic E-state index is 10.7. The molecule has 0 saturated carbocycles. The van der Waals surface area contributed by atoms with Crippen LogP contribution in [0.5, 0.6) is 0 Å². The van der Waals surface area contributed by atoms with Gasteiger partial charge in [-0.25, -0.2) is 9.59 Å². The van der Waals surface area contributed by atoms with E-state index in [1.807, 2.05) is 0 Å². The Hall–Kier alpha value is -1.22. The van der Waals surface area contributed by atoms with Crippen LogP contribution in [-0.4, -0.2) is 74.0 Å². The van der Waals surface area contributed by atoms with Gasteiger partial charge in [0.25, 0.3) is 0 Å². The van der Waals surface area contributed by atoms with E-state index in [-0.39, 0.29) is 24.3 Å². The van der Waals surface area contributed by atoms with E-state index in [2.05, 4.69) is 0 Å². The van der Waals surface area contributed by atoms with Crippen LogP contribution in [0.1, 0.15) is 6.42 Å². The third-order valence-corrected chi connectivity index (χ3v) is 3.25. The van der Waals surface area contributed by atoms with Gasteiger partial charge in [-0.3, -0.25) is 0 Å². The first kappa shape index (κ1) is 13.7. The number of hydrogen-bond donors (Lipinski definition) is 1. The van der Waals surface area contributed by atoms with Gasteiger partial charge >= 0.3 is 11.9 Å². The normalized spacial score (nSPS) is 39.1. The first-order valence-electron chi connectivity index (χ1n) is 6.48. The molecule has 4 unspecified atom stereocenters. The maximum Gasteiger partial charge on any atom is 0.338 e. The van der Waals surface area contributed by atoms with Crippen LogP contribution in [-0.2, 0) is 33.3 Å². The average Bonchev–Trinajstić information content (AvgIpc) is 3.19. The Bertz CT molecular complexity index is 390. The van der Waals surface area contributed by atoms with Gasteiger partial charge in [0.1, 0.15) is 12.7 Å². The molecule has 112 valence electrons. The van der Waals surface area contributed by atoms with E-state index in [4.69, 9.17) is 28.8 Å². The fourth-order valence-electron chi connectivity index (χ4n) is 1.59. The van der Waals surface area contributed by atoms with E-state index in [0.29, 0.717) is 32.8 Å². The summed E-state index contributed by atoms with van der Waals surface area (Å²) in [7, 11) is 0. The highest BCUT2D eigenvalue weighted by molar-refractivity contribution is 5.80. The van der Waals surface area contributed by atoms with Gasteiger partial charge in [0, 0.05) is 6.42 Å². The summed E-state index contributed by atoms with van der Waals surface area (Å²) in [5.74, 6) is -1.11. The lowest BCUT2D eigenvalue weighted by atomic mass is 10.1. The number of aliphatic carboxylic acids is 1. The Morgan fingerprint density at radius 3 is 2.15 bits per heavy atom. The average molecular weight is 288 g/mol. The second-order valence-electron chi connectivity index (χ2n) is 5.15. The molecule has 1 N–H and O–H groups in total. The molecule has 4 atom stereocenters.